The number of nitrogens with zero attached hydrogens (tertiary/aromatic N) is 2. The zero-order valence-electron chi connectivity index (χ0n) is 11.6. The van der Waals surface area contributed by atoms with Crippen LogP contribution in [0.3, 0.4) is 0 Å². The summed E-state index contributed by atoms with van der Waals surface area (Å²) < 4.78 is 14.5. The Bertz CT molecular complexity index is 714. The molecule has 0 saturated carbocycles. The molecule has 5 heteroatoms. The zero-order valence-corrected chi connectivity index (χ0v) is 13.1. The topological polar surface area (TPSA) is 41.6 Å². The van der Waals surface area contributed by atoms with Gasteiger partial charge in [0.2, 0.25) is 0 Å². The van der Waals surface area contributed by atoms with Crippen molar-refractivity contribution in [3.8, 4) is 0 Å². The Labute approximate surface area is 131 Å². The van der Waals surface area contributed by atoms with E-state index in [0.29, 0.717) is 12.5 Å². The maximum Gasteiger partial charge on any atom is 0.196 e. The number of nitrogens with two attached hydrogens (primary N) is 1. The average molecular weight is 348 g/mol. The molecule has 3 rings (SSSR count). The largest absolute Gasteiger partial charge is 0.369 e. The summed E-state index contributed by atoms with van der Waals surface area (Å²) in [5, 5.41) is 0. The first kappa shape index (κ1) is 14.1. The number of guanidine groups is 1. The number of aliphatic imine (C=N–C) groups is 1. The van der Waals surface area contributed by atoms with Gasteiger partial charge in [0, 0.05) is 4.47 Å². The molecule has 1 aliphatic rings. The summed E-state index contributed by atoms with van der Waals surface area (Å²) in [5.41, 5.74) is 8.94. The fraction of sp³-hybridized carbons (Fsp3) is 0.188. The summed E-state index contributed by atoms with van der Waals surface area (Å²) in [7, 11) is 0. The summed E-state index contributed by atoms with van der Waals surface area (Å²) in [4.78, 5) is 6.29. The molecule has 2 N–H and O–H groups in total. The van der Waals surface area contributed by atoms with Gasteiger partial charge in [-0.1, -0.05) is 18.2 Å². The average Bonchev–Trinajstić information content (AvgIpc) is 2.84. The van der Waals surface area contributed by atoms with E-state index in [1.165, 1.54) is 6.07 Å². The normalized spacial score (nSPS) is 18.0. The van der Waals surface area contributed by atoms with Crippen LogP contribution in [-0.2, 0) is 0 Å². The second kappa shape index (κ2) is 5.48. The Morgan fingerprint density at radius 2 is 2.05 bits per heavy atom. The SMILES string of the molecule is Cc1ccc(F)cc1C1CN=C(N)N1c1ccccc1Br. The molecular formula is C16H15BrFN3. The van der Waals surface area contributed by atoms with Crippen LogP contribution in [0.4, 0.5) is 10.1 Å². The lowest BCUT2D eigenvalue weighted by Gasteiger charge is -2.28. The number of halogens is 2. The molecule has 1 heterocycles. The van der Waals surface area contributed by atoms with E-state index in [-0.39, 0.29) is 11.9 Å². The minimum atomic E-state index is -0.242. The van der Waals surface area contributed by atoms with Crippen molar-refractivity contribution >= 4 is 27.6 Å². The van der Waals surface area contributed by atoms with Crippen molar-refractivity contribution in [2.24, 2.45) is 10.7 Å². The van der Waals surface area contributed by atoms with E-state index in [9.17, 15) is 4.39 Å². The van der Waals surface area contributed by atoms with Crippen LogP contribution in [0.2, 0.25) is 0 Å². The van der Waals surface area contributed by atoms with E-state index in [1.54, 1.807) is 12.1 Å². The molecule has 0 amide bonds. The third-order valence-electron chi connectivity index (χ3n) is 3.70. The second-order valence-electron chi connectivity index (χ2n) is 5.04. The van der Waals surface area contributed by atoms with Gasteiger partial charge in [0.25, 0.3) is 0 Å². The van der Waals surface area contributed by atoms with Crippen LogP contribution in [0, 0.1) is 12.7 Å². The Hall–Kier alpha value is -1.88. The fourth-order valence-corrected chi connectivity index (χ4v) is 3.12. The minimum absolute atomic E-state index is 0.0839. The number of rotatable bonds is 2. The quantitative estimate of drug-likeness (QED) is 0.898. The van der Waals surface area contributed by atoms with Crippen molar-refractivity contribution in [1.82, 2.24) is 0 Å². The van der Waals surface area contributed by atoms with Gasteiger partial charge < -0.3 is 10.6 Å². The maximum atomic E-state index is 13.6. The summed E-state index contributed by atoms with van der Waals surface area (Å²) >= 11 is 3.54. The van der Waals surface area contributed by atoms with Gasteiger partial charge in [0.05, 0.1) is 18.3 Å². The lowest BCUT2D eigenvalue weighted by Crippen LogP contribution is -2.36. The van der Waals surface area contributed by atoms with E-state index in [0.717, 1.165) is 21.3 Å². The lowest BCUT2D eigenvalue weighted by atomic mass is 10.00. The van der Waals surface area contributed by atoms with Gasteiger partial charge in [-0.15, -0.1) is 0 Å². The Morgan fingerprint density at radius 1 is 1.29 bits per heavy atom. The Kier molecular flexibility index (Phi) is 3.68. The van der Waals surface area contributed by atoms with Gasteiger partial charge >= 0.3 is 0 Å². The van der Waals surface area contributed by atoms with Gasteiger partial charge in [-0.25, -0.2) is 4.39 Å². The third-order valence-corrected chi connectivity index (χ3v) is 4.37. The van der Waals surface area contributed by atoms with E-state index >= 15 is 0 Å². The van der Waals surface area contributed by atoms with E-state index < -0.39 is 0 Å². The lowest BCUT2D eigenvalue weighted by molar-refractivity contribution is 0.620. The van der Waals surface area contributed by atoms with Crippen molar-refractivity contribution in [2.75, 3.05) is 11.4 Å². The van der Waals surface area contributed by atoms with E-state index in [2.05, 4.69) is 20.9 Å². The van der Waals surface area contributed by atoms with Crippen molar-refractivity contribution in [3.05, 3.63) is 63.9 Å². The first-order valence-electron chi connectivity index (χ1n) is 6.67. The van der Waals surface area contributed by atoms with Crippen LogP contribution in [0.15, 0.2) is 51.9 Å². The van der Waals surface area contributed by atoms with Crippen molar-refractivity contribution < 1.29 is 4.39 Å². The molecule has 108 valence electrons. The molecule has 1 atom stereocenters. The summed E-state index contributed by atoms with van der Waals surface area (Å²) in [6.45, 7) is 2.50. The molecular weight excluding hydrogens is 333 g/mol. The summed E-state index contributed by atoms with van der Waals surface area (Å²) in [6.07, 6.45) is 0. The van der Waals surface area contributed by atoms with Gasteiger partial charge in [0.15, 0.2) is 5.96 Å². The monoisotopic (exact) mass is 347 g/mol. The van der Waals surface area contributed by atoms with Crippen LogP contribution in [0.5, 0.6) is 0 Å². The molecule has 0 aliphatic carbocycles. The first-order chi connectivity index (χ1) is 10.1. The van der Waals surface area contributed by atoms with E-state index in [1.807, 2.05) is 36.1 Å². The zero-order chi connectivity index (χ0) is 15.0. The van der Waals surface area contributed by atoms with Crippen molar-refractivity contribution in [3.63, 3.8) is 0 Å². The van der Waals surface area contributed by atoms with Gasteiger partial charge in [-0.2, -0.15) is 0 Å². The molecule has 2 aromatic carbocycles. The van der Waals surface area contributed by atoms with Crippen LogP contribution in [0.25, 0.3) is 0 Å². The van der Waals surface area contributed by atoms with Crippen LogP contribution in [0.1, 0.15) is 17.2 Å². The summed E-state index contributed by atoms with van der Waals surface area (Å²) in [5.74, 6) is 0.212. The highest BCUT2D eigenvalue weighted by molar-refractivity contribution is 9.10. The van der Waals surface area contributed by atoms with Crippen molar-refractivity contribution in [1.29, 1.82) is 0 Å². The van der Waals surface area contributed by atoms with Gasteiger partial charge in [-0.3, -0.25) is 4.99 Å². The number of hydrogen-bond donors (Lipinski definition) is 1. The Morgan fingerprint density at radius 3 is 2.81 bits per heavy atom. The second-order valence-corrected chi connectivity index (χ2v) is 5.89. The molecule has 0 bridgehead atoms. The van der Waals surface area contributed by atoms with Crippen LogP contribution >= 0.6 is 15.9 Å². The molecule has 2 aromatic rings. The molecule has 3 nitrogen and oxygen atoms in total. The van der Waals surface area contributed by atoms with Crippen LogP contribution in [-0.4, -0.2) is 12.5 Å². The van der Waals surface area contributed by atoms with E-state index in [4.69, 9.17) is 5.73 Å². The number of hydrogen-bond acceptors (Lipinski definition) is 3. The van der Waals surface area contributed by atoms with Gasteiger partial charge in [0.1, 0.15) is 5.82 Å². The highest BCUT2D eigenvalue weighted by Gasteiger charge is 2.31. The molecule has 0 aromatic heterocycles. The minimum Gasteiger partial charge on any atom is -0.369 e. The summed E-state index contributed by atoms with van der Waals surface area (Å²) in [6, 6.07) is 12.6. The highest BCUT2D eigenvalue weighted by Crippen LogP contribution is 2.36. The smallest absolute Gasteiger partial charge is 0.196 e. The standard InChI is InChI=1S/C16H15BrFN3/c1-10-6-7-11(18)8-12(10)15-9-20-16(19)21(15)14-5-3-2-4-13(14)17/h2-8,15H,9H2,1H3,(H2,19,20). The highest BCUT2D eigenvalue weighted by atomic mass is 79.9. The molecule has 21 heavy (non-hydrogen) atoms. The fourth-order valence-electron chi connectivity index (χ4n) is 2.64. The molecule has 1 aliphatic heterocycles. The third kappa shape index (κ3) is 2.53. The van der Waals surface area contributed by atoms with Crippen LogP contribution < -0.4 is 10.6 Å². The number of anilines is 1. The van der Waals surface area contributed by atoms with Gasteiger partial charge in [-0.05, 0) is 58.2 Å². The maximum absolute atomic E-state index is 13.6. The molecule has 1 unspecified atom stereocenters. The first-order valence-corrected chi connectivity index (χ1v) is 7.47. The molecule has 0 fully saturated rings. The van der Waals surface area contributed by atoms with Crippen molar-refractivity contribution in [2.45, 2.75) is 13.0 Å². The number of para-hydroxylation sites is 1. The molecule has 0 radical (unpaired) electrons. The molecule has 0 spiro atoms. The number of aryl methyl sites for hydroxylation is 1. The predicted molar refractivity (Wildman–Crippen MR) is 87.0 cm³/mol. The predicted octanol–water partition coefficient (Wildman–Crippen LogP) is 3.77. The molecule has 0 saturated heterocycles. The Balaban J connectivity index is 2.07. The number of benzene rings is 2.